The Morgan fingerprint density at radius 2 is 1.52 bits per heavy atom. The number of aromatic hydroxyl groups is 2. The average Bonchev–Trinajstić information content (AvgIpc) is 2.39. The Hall–Kier alpha value is -2.03. The number of ketones is 1. The van der Waals surface area contributed by atoms with Crippen LogP contribution in [0.5, 0.6) is 11.5 Å². The van der Waals surface area contributed by atoms with Crippen LogP contribution in [0.15, 0.2) is 25.3 Å². The first-order valence-corrected chi connectivity index (χ1v) is 7.16. The largest absolute Gasteiger partial charge is 0.507 e. The number of benzene rings is 1. The van der Waals surface area contributed by atoms with E-state index in [1.807, 2.05) is 20.8 Å². The Bertz CT molecular complexity index is 531. The normalized spacial score (nSPS) is 10.7. The van der Waals surface area contributed by atoms with Crippen molar-refractivity contribution in [2.24, 2.45) is 5.92 Å². The molecule has 0 fully saturated rings. The quantitative estimate of drug-likeness (QED) is 0.587. The molecule has 1 aromatic rings. The first-order chi connectivity index (χ1) is 9.84. The lowest BCUT2D eigenvalue weighted by molar-refractivity contribution is 0.0962. The van der Waals surface area contributed by atoms with Gasteiger partial charge in [0.1, 0.15) is 17.1 Å². The van der Waals surface area contributed by atoms with Crippen molar-refractivity contribution in [1.29, 1.82) is 0 Å². The third kappa shape index (κ3) is 3.54. The van der Waals surface area contributed by atoms with Crippen LogP contribution in [-0.4, -0.2) is 16.0 Å². The summed E-state index contributed by atoms with van der Waals surface area (Å²) in [4.78, 5) is 12.3. The molecule has 0 saturated heterocycles. The first kappa shape index (κ1) is 17.0. The molecule has 0 aliphatic heterocycles. The van der Waals surface area contributed by atoms with Gasteiger partial charge in [0.05, 0.1) is 0 Å². The maximum Gasteiger partial charge on any atom is 0.170 e. The third-order valence-electron chi connectivity index (χ3n) is 3.52. The van der Waals surface area contributed by atoms with E-state index in [0.29, 0.717) is 24.0 Å². The van der Waals surface area contributed by atoms with E-state index >= 15 is 0 Å². The molecule has 0 aromatic heterocycles. The predicted octanol–water partition coefficient (Wildman–Crippen LogP) is 4.09. The van der Waals surface area contributed by atoms with Crippen molar-refractivity contribution in [2.75, 3.05) is 0 Å². The summed E-state index contributed by atoms with van der Waals surface area (Å²) in [7, 11) is 0. The van der Waals surface area contributed by atoms with Crippen LogP contribution in [-0.2, 0) is 12.8 Å². The zero-order valence-electron chi connectivity index (χ0n) is 13.1. The van der Waals surface area contributed by atoms with Crippen molar-refractivity contribution in [3.05, 3.63) is 47.6 Å². The lowest BCUT2D eigenvalue weighted by atomic mass is 9.89. The number of rotatable bonds is 7. The summed E-state index contributed by atoms with van der Waals surface area (Å²) in [6, 6.07) is 0. The molecular weight excluding hydrogens is 264 g/mol. The molecule has 0 aliphatic rings. The minimum Gasteiger partial charge on any atom is -0.507 e. The predicted molar refractivity (Wildman–Crippen MR) is 86.1 cm³/mol. The smallest absolute Gasteiger partial charge is 0.170 e. The minimum atomic E-state index is -0.240. The lowest BCUT2D eigenvalue weighted by Crippen LogP contribution is -2.08. The Morgan fingerprint density at radius 1 is 1.10 bits per heavy atom. The molecule has 0 heterocycles. The van der Waals surface area contributed by atoms with Gasteiger partial charge in [-0.15, -0.1) is 13.2 Å². The summed E-state index contributed by atoms with van der Waals surface area (Å²) in [6.45, 7) is 13.0. The number of Topliss-reactive ketones (excluding diaryl/α,β-unsaturated/α-hetero) is 1. The molecule has 3 heteroatoms. The Morgan fingerprint density at radius 3 is 1.86 bits per heavy atom. The molecule has 1 rings (SSSR count). The van der Waals surface area contributed by atoms with Crippen molar-refractivity contribution >= 4 is 5.78 Å². The maximum absolute atomic E-state index is 12.3. The van der Waals surface area contributed by atoms with E-state index in [2.05, 4.69) is 13.2 Å². The van der Waals surface area contributed by atoms with E-state index in [-0.39, 0.29) is 35.2 Å². The standard InChI is InChI=1S/C18H24O3/c1-6-8-13-12(5)14(9-7-2)18(21)16(17(13)20)15(19)10-11(3)4/h6-7,11,20-21H,1-2,8-10H2,3-5H3. The van der Waals surface area contributed by atoms with E-state index in [1.54, 1.807) is 12.2 Å². The molecule has 21 heavy (non-hydrogen) atoms. The van der Waals surface area contributed by atoms with Crippen LogP contribution < -0.4 is 0 Å². The van der Waals surface area contributed by atoms with Gasteiger partial charge in [0, 0.05) is 17.5 Å². The van der Waals surface area contributed by atoms with Gasteiger partial charge in [0.25, 0.3) is 0 Å². The fourth-order valence-electron chi connectivity index (χ4n) is 2.48. The summed E-state index contributed by atoms with van der Waals surface area (Å²) >= 11 is 0. The number of phenols is 2. The zero-order valence-corrected chi connectivity index (χ0v) is 13.1. The highest BCUT2D eigenvalue weighted by molar-refractivity contribution is 6.02. The SMILES string of the molecule is C=CCc1c(C)c(CC=C)c(O)c(C(=O)CC(C)C)c1O. The van der Waals surface area contributed by atoms with Crippen LogP contribution in [0.1, 0.15) is 47.3 Å². The van der Waals surface area contributed by atoms with Crippen molar-refractivity contribution < 1.29 is 15.0 Å². The van der Waals surface area contributed by atoms with Gasteiger partial charge in [-0.3, -0.25) is 4.79 Å². The monoisotopic (exact) mass is 288 g/mol. The van der Waals surface area contributed by atoms with E-state index in [9.17, 15) is 15.0 Å². The van der Waals surface area contributed by atoms with Crippen LogP contribution in [0.25, 0.3) is 0 Å². The maximum atomic E-state index is 12.3. The Labute approximate surface area is 126 Å². The van der Waals surface area contributed by atoms with Gasteiger partial charge in [-0.2, -0.15) is 0 Å². The number of carbonyl (C=O) groups excluding carboxylic acids is 1. The van der Waals surface area contributed by atoms with Crippen LogP contribution in [0.4, 0.5) is 0 Å². The van der Waals surface area contributed by atoms with Crippen LogP contribution in [0, 0.1) is 12.8 Å². The van der Waals surface area contributed by atoms with Gasteiger partial charge in [0.15, 0.2) is 5.78 Å². The van der Waals surface area contributed by atoms with E-state index < -0.39 is 0 Å². The third-order valence-corrected chi connectivity index (χ3v) is 3.52. The summed E-state index contributed by atoms with van der Waals surface area (Å²) < 4.78 is 0. The Kier molecular flexibility index (Phi) is 5.77. The van der Waals surface area contributed by atoms with Gasteiger partial charge in [0.2, 0.25) is 0 Å². The molecule has 0 amide bonds. The van der Waals surface area contributed by atoms with Crippen LogP contribution in [0.2, 0.25) is 0 Å². The molecule has 0 spiro atoms. The van der Waals surface area contributed by atoms with E-state index in [0.717, 1.165) is 5.56 Å². The topological polar surface area (TPSA) is 57.5 Å². The number of allylic oxidation sites excluding steroid dienone is 2. The zero-order chi connectivity index (χ0) is 16.2. The number of hydrogen-bond acceptors (Lipinski definition) is 3. The highest BCUT2D eigenvalue weighted by Gasteiger charge is 2.25. The molecule has 114 valence electrons. The molecule has 0 unspecified atom stereocenters. The van der Waals surface area contributed by atoms with Crippen molar-refractivity contribution in [2.45, 2.75) is 40.0 Å². The molecule has 0 aliphatic carbocycles. The first-order valence-electron chi connectivity index (χ1n) is 7.16. The fraction of sp³-hybridized carbons (Fsp3) is 0.389. The van der Waals surface area contributed by atoms with Crippen molar-refractivity contribution in [3.8, 4) is 11.5 Å². The van der Waals surface area contributed by atoms with Gasteiger partial charge in [-0.1, -0.05) is 26.0 Å². The van der Waals surface area contributed by atoms with Gasteiger partial charge in [-0.05, 0) is 31.2 Å². The minimum absolute atomic E-state index is 0.0306. The molecule has 2 N–H and O–H groups in total. The highest BCUT2D eigenvalue weighted by atomic mass is 16.3. The second kappa shape index (κ2) is 7.11. The fourth-order valence-corrected chi connectivity index (χ4v) is 2.48. The molecule has 0 atom stereocenters. The summed E-state index contributed by atoms with van der Waals surface area (Å²) in [5.74, 6) is -0.328. The summed E-state index contributed by atoms with van der Waals surface area (Å²) in [5, 5.41) is 20.8. The van der Waals surface area contributed by atoms with Gasteiger partial charge >= 0.3 is 0 Å². The molecule has 3 nitrogen and oxygen atoms in total. The van der Waals surface area contributed by atoms with Crippen LogP contribution in [0.3, 0.4) is 0 Å². The lowest BCUT2D eigenvalue weighted by Gasteiger charge is -2.18. The van der Waals surface area contributed by atoms with Crippen LogP contribution >= 0.6 is 0 Å². The molecule has 1 aromatic carbocycles. The highest BCUT2D eigenvalue weighted by Crippen LogP contribution is 2.39. The van der Waals surface area contributed by atoms with Gasteiger partial charge in [-0.25, -0.2) is 0 Å². The summed E-state index contributed by atoms with van der Waals surface area (Å²) in [5.41, 5.74) is 2.10. The molecular formula is C18H24O3. The Balaban J connectivity index is 3.57. The number of hydrogen-bond donors (Lipinski definition) is 2. The second-order valence-corrected chi connectivity index (χ2v) is 5.66. The number of carbonyl (C=O) groups is 1. The molecule has 0 radical (unpaired) electrons. The average molecular weight is 288 g/mol. The summed E-state index contributed by atoms with van der Waals surface area (Å²) in [6.07, 6.45) is 4.53. The van der Waals surface area contributed by atoms with Crippen molar-refractivity contribution in [3.63, 3.8) is 0 Å². The number of phenolic OH excluding ortho intramolecular Hbond substituents is 2. The van der Waals surface area contributed by atoms with Crippen molar-refractivity contribution in [1.82, 2.24) is 0 Å². The molecule has 0 saturated carbocycles. The molecule has 0 bridgehead atoms. The second-order valence-electron chi connectivity index (χ2n) is 5.66. The van der Waals surface area contributed by atoms with E-state index in [1.165, 1.54) is 0 Å². The van der Waals surface area contributed by atoms with Gasteiger partial charge < -0.3 is 10.2 Å². The van der Waals surface area contributed by atoms with E-state index in [4.69, 9.17) is 0 Å².